The van der Waals surface area contributed by atoms with Gasteiger partial charge in [-0.15, -0.1) is 5.10 Å². The summed E-state index contributed by atoms with van der Waals surface area (Å²) < 4.78 is 21.6. The average molecular weight is 599 g/mol. The number of aromatic nitrogens is 5. The topological polar surface area (TPSA) is 118 Å². The number of nitrogens with one attached hydrogen (secondary N) is 1. The summed E-state index contributed by atoms with van der Waals surface area (Å²) in [7, 11) is 1.54. The van der Waals surface area contributed by atoms with Crippen LogP contribution in [0.25, 0.3) is 5.69 Å². The molecule has 0 bridgehead atoms. The van der Waals surface area contributed by atoms with E-state index in [9.17, 15) is 14.0 Å². The van der Waals surface area contributed by atoms with E-state index >= 15 is 0 Å². The van der Waals surface area contributed by atoms with E-state index < -0.39 is 11.0 Å². The molecule has 0 radical (unpaired) electrons. The first-order valence-electron chi connectivity index (χ1n) is 14.8. The number of piperidine rings is 1. The van der Waals surface area contributed by atoms with E-state index in [0.717, 1.165) is 56.4 Å². The van der Waals surface area contributed by atoms with Crippen molar-refractivity contribution >= 4 is 12.3 Å². The smallest absolute Gasteiger partial charge is 0.257 e. The number of carbonyl (C=O) groups excluding carboxylic acids is 2. The van der Waals surface area contributed by atoms with Crippen LogP contribution in [-0.4, -0.2) is 87.1 Å². The third-order valence-electron chi connectivity index (χ3n) is 9.27. The maximum Gasteiger partial charge on any atom is 0.257 e. The minimum Gasteiger partial charge on any atom is -0.496 e. The molecule has 2 aromatic carbocycles. The molecule has 1 N–H and O–H groups in total. The zero-order chi connectivity index (χ0) is 30.6. The molecule has 1 unspecified atom stereocenters. The number of amides is 2. The van der Waals surface area contributed by atoms with Crippen molar-refractivity contribution in [2.24, 2.45) is 0 Å². The zero-order valence-electron chi connectivity index (χ0n) is 24.6. The summed E-state index contributed by atoms with van der Waals surface area (Å²) in [5.74, 6) is 0.0141. The van der Waals surface area contributed by atoms with Crippen molar-refractivity contribution < 1.29 is 18.7 Å². The number of rotatable bonds is 10. The van der Waals surface area contributed by atoms with Gasteiger partial charge in [0.25, 0.3) is 5.91 Å². The molecule has 11 nitrogen and oxygen atoms in total. The number of halogens is 1. The predicted molar refractivity (Wildman–Crippen MR) is 160 cm³/mol. The van der Waals surface area contributed by atoms with Crippen molar-refractivity contribution in [2.45, 2.75) is 36.6 Å². The first-order chi connectivity index (χ1) is 21.4. The minimum atomic E-state index is -0.445. The molecule has 0 aliphatic carbocycles. The SMILES string of the molecule is COc1ccc(-n2cnnn2)cc1C(=O)N1CCC(CCN2CCC(NC=O)(c3cccnc3)CC2)(c2cccc(F)c2)C1. The number of ether oxygens (including phenoxy) is 1. The Bertz CT molecular complexity index is 1590. The quantitative estimate of drug-likeness (QED) is 0.277. The third kappa shape index (κ3) is 5.77. The second-order valence-corrected chi connectivity index (χ2v) is 11.6. The lowest BCUT2D eigenvalue weighted by Crippen LogP contribution is -2.51. The van der Waals surface area contributed by atoms with Crippen molar-refractivity contribution in [3.05, 3.63) is 95.8 Å². The molecule has 44 heavy (non-hydrogen) atoms. The molecular weight excluding hydrogens is 563 g/mol. The van der Waals surface area contributed by atoms with Gasteiger partial charge >= 0.3 is 0 Å². The van der Waals surface area contributed by atoms with Gasteiger partial charge in [-0.3, -0.25) is 14.6 Å². The Morgan fingerprint density at radius 3 is 2.61 bits per heavy atom. The normalized spacial score (nSPS) is 19.9. The lowest BCUT2D eigenvalue weighted by Gasteiger charge is -2.42. The van der Waals surface area contributed by atoms with Gasteiger partial charge < -0.3 is 19.9 Å². The lowest BCUT2D eigenvalue weighted by molar-refractivity contribution is -0.112. The molecule has 2 aromatic heterocycles. The number of nitrogens with zero attached hydrogens (tertiary/aromatic N) is 7. The monoisotopic (exact) mass is 598 g/mol. The largest absolute Gasteiger partial charge is 0.496 e. The van der Waals surface area contributed by atoms with Crippen molar-refractivity contribution in [2.75, 3.05) is 39.8 Å². The third-order valence-corrected chi connectivity index (χ3v) is 9.27. The minimum absolute atomic E-state index is 0.158. The highest BCUT2D eigenvalue weighted by atomic mass is 19.1. The fourth-order valence-electron chi connectivity index (χ4n) is 6.71. The number of pyridine rings is 1. The lowest BCUT2D eigenvalue weighted by atomic mass is 9.76. The Hall–Kier alpha value is -4.71. The highest BCUT2D eigenvalue weighted by molar-refractivity contribution is 5.97. The van der Waals surface area contributed by atoms with Crippen molar-refractivity contribution in [3.8, 4) is 11.4 Å². The molecule has 2 amide bonds. The summed E-state index contributed by atoms with van der Waals surface area (Å²) in [6.07, 6.45) is 8.77. The second kappa shape index (κ2) is 12.5. The van der Waals surface area contributed by atoms with Gasteiger partial charge in [0.1, 0.15) is 17.9 Å². The first kappa shape index (κ1) is 29.4. The van der Waals surface area contributed by atoms with Gasteiger partial charge in [0.05, 0.1) is 23.9 Å². The first-order valence-corrected chi connectivity index (χ1v) is 14.8. The summed E-state index contributed by atoms with van der Waals surface area (Å²) >= 11 is 0. The highest BCUT2D eigenvalue weighted by Gasteiger charge is 2.43. The molecule has 2 aliphatic heterocycles. The molecule has 228 valence electrons. The van der Waals surface area contributed by atoms with Gasteiger partial charge in [-0.2, -0.15) is 0 Å². The van der Waals surface area contributed by atoms with Gasteiger partial charge in [0.2, 0.25) is 6.41 Å². The molecule has 2 fully saturated rings. The predicted octanol–water partition coefficient (Wildman–Crippen LogP) is 3.12. The molecule has 0 saturated carbocycles. The van der Waals surface area contributed by atoms with Crippen LogP contribution in [0.3, 0.4) is 0 Å². The van der Waals surface area contributed by atoms with E-state index in [4.69, 9.17) is 4.74 Å². The van der Waals surface area contributed by atoms with Crippen LogP contribution in [0, 0.1) is 5.82 Å². The molecule has 1 atom stereocenters. The summed E-state index contributed by atoms with van der Waals surface area (Å²) in [5.41, 5.74) is 2.10. The molecule has 2 aliphatic rings. The zero-order valence-corrected chi connectivity index (χ0v) is 24.6. The molecule has 0 spiro atoms. The van der Waals surface area contributed by atoms with Crippen LogP contribution in [0.5, 0.6) is 5.75 Å². The Morgan fingerprint density at radius 2 is 1.91 bits per heavy atom. The van der Waals surface area contributed by atoms with Gasteiger partial charge in [-0.1, -0.05) is 18.2 Å². The Kier molecular flexibility index (Phi) is 8.34. The average Bonchev–Trinajstić information content (AvgIpc) is 3.76. The summed E-state index contributed by atoms with van der Waals surface area (Å²) in [5, 5.41) is 14.4. The van der Waals surface area contributed by atoms with Crippen molar-refractivity contribution in [3.63, 3.8) is 0 Å². The Morgan fingerprint density at radius 1 is 1.07 bits per heavy atom. The summed E-state index contributed by atoms with van der Waals surface area (Å²) in [6, 6.07) is 15.9. The van der Waals surface area contributed by atoms with E-state index in [2.05, 4.69) is 30.7 Å². The van der Waals surface area contributed by atoms with E-state index in [1.165, 1.54) is 24.2 Å². The fourth-order valence-corrected chi connectivity index (χ4v) is 6.71. The van der Waals surface area contributed by atoms with Crippen molar-refractivity contribution in [1.29, 1.82) is 0 Å². The number of hydrogen-bond acceptors (Lipinski definition) is 8. The maximum atomic E-state index is 14.5. The second-order valence-electron chi connectivity index (χ2n) is 11.6. The number of hydrogen-bond donors (Lipinski definition) is 1. The van der Waals surface area contributed by atoms with Crippen LogP contribution in [0.1, 0.15) is 47.2 Å². The van der Waals surface area contributed by atoms with Gasteiger partial charge in [0.15, 0.2) is 0 Å². The van der Waals surface area contributed by atoms with Crippen LogP contribution >= 0.6 is 0 Å². The standard InChI is InChI=1S/C32H35FN8O3/c1-44-29-8-7-27(41-22-36-37-38-41)19-28(29)30(43)40-17-10-31(21-40,24-4-2-6-26(33)18-24)9-14-39-15-11-32(12-16-39,35-23-42)25-5-3-13-34-20-25/h2-8,13,18-20,22-23H,9-12,14-17,21H2,1H3,(H,35,42). The Labute approximate surface area is 255 Å². The molecule has 12 heteroatoms. The van der Waals surface area contributed by atoms with E-state index in [0.29, 0.717) is 36.5 Å². The van der Waals surface area contributed by atoms with Crippen LogP contribution in [0.15, 0.2) is 73.3 Å². The Balaban J connectivity index is 1.20. The van der Waals surface area contributed by atoms with Crippen LogP contribution in [0.4, 0.5) is 4.39 Å². The van der Waals surface area contributed by atoms with Gasteiger partial charge in [0, 0.05) is 44.0 Å². The van der Waals surface area contributed by atoms with Crippen LogP contribution in [-0.2, 0) is 15.7 Å². The molecule has 6 rings (SSSR count). The van der Waals surface area contributed by atoms with Crippen LogP contribution < -0.4 is 10.1 Å². The van der Waals surface area contributed by atoms with Gasteiger partial charge in [-0.25, -0.2) is 9.07 Å². The molecule has 2 saturated heterocycles. The maximum absolute atomic E-state index is 14.5. The van der Waals surface area contributed by atoms with Crippen molar-refractivity contribution in [1.82, 2.24) is 40.3 Å². The number of carbonyl (C=O) groups is 2. The molecule has 4 aromatic rings. The van der Waals surface area contributed by atoms with E-state index in [1.54, 1.807) is 36.5 Å². The molecule has 4 heterocycles. The summed E-state index contributed by atoms with van der Waals surface area (Å²) in [6.45, 7) is 3.34. The number of tetrazole rings is 1. The number of methoxy groups -OCH3 is 1. The van der Waals surface area contributed by atoms with E-state index in [-0.39, 0.29) is 11.7 Å². The van der Waals surface area contributed by atoms with E-state index in [1.807, 2.05) is 29.3 Å². The fraction of sp³-hybridized carbons (Fsp3) is 0.375. The molecular formula is C32H35FN8O3. The van der Waals surface area contributed by atoms with Crippen LogP contribution in [0.2, 0.25) is 0 Å². The number of likely N-dealkylation sites (tertiary alicyclic amines) is 2. The number of benzene rings is 2. The highest BCUT2D eigenvalue weighted by Crippen LogP contribution is 2.40. The summed E-state index contributed by atoms with van der Waals surface area (Å²) in [4.78, 5) is 34.0. The van der Waals surface area contributed by atoms with Gasteiger partial charge in [-0.05, 0) is 90.2 Å².